The summed E-state index contributed by atoms with van der Waals surface area (Å²) >= 11 is 0. The molecule has 6 atom stereocenters. The molecule has 0 aliphatic heterocycles. The highest BCUT2D eigenvalue weighted by Gasteiger charge is 2.66. The molecule has 0 spiro atoms. The van der Waals surface area contributed by atoms with Crippen LogP contribution in [0.1, 0.15) is 117 Å². The number of fused-ring (bicyclic) bond motifs is 1. The van der Waals surface area contributed by atoms with Crippen molar-refractivity contribution in [2.24, 2.45) is 40.9 Å². The van der Waals surface area contributed by atoms with E-state index in [-0.39, 0.29) is 16.9 Å². The van der Waals surface area contributed by atoms with Crippen LogP contribution >= 0.6 is 0 Å². The standard InChI is InChI=1S/C34H52N2O3/c1-5-9-25(11-7-10-24(6-2)32(35)39-33(3)17-18-33)27-21-26(27)16-19-38-31-15-14-23(22-36-31)20-30(37)34(4)28-12-8-13-29(28)34/h14-15,22,24-29,35H,5-13,16-21H2,1-4H3. The molecule has 4 fully saturated rings. The predicted octanol–water partition coefficient (Wildman–Crippen LogP) is 8.19. The van der Waals surface area contributed by atoms with Crippen molar-refractivity contribution in [1.82, 2.24) is 4.98 Å². The smallest absolute Gasteiger partial charge is 0.213 e. The largest absolute Gasteiger partial charge is 0.478 e. The Labute approximate surface area is 236 Å². The Morgan fingerprint density at radius 3 is 2.54 bits per heavy atom. The zero-order valence-electron chi connectivity index (χ0n) is 25.0. The van der Waals surface area contributed by atoms with Crippen LogP contribution in [0.3, 0.4) is 0 Å². The van der Waals surface area contributed by atoms with Crippen molar-refractivity contribution in [2.45, 2.75) is 123 Å². The maximum Gasteiger partial charge on any atom is 0.213 e. The number of rotatable bonds is 17. The minimum atomic E-state index is -0.0620. The van der Waals surface area contributed by atoms with Crippen LogP contribution in [0.5, 0.6) is 5.88 Å². The minimum Gasteiger partial charge on any atom is -0.478 e. The van der Waals surface area contributed by atoms with Crippen LogP contribution in [0.4, 0.5) is 0 Å². The second kappa shape index (κ2) is 11.9. The van der Waals surface area contributed by atoms with E-state index in [1.807, 2.05) is 18.3 Å². The van der Waals surface area contributed by atoms with Gasteiger partial charge < -0.3 is 9.47 Å². The van der Waals surface area contributed by atoms with Crippen LogP contribution in [0.15, 0.2) is 18.3 Å². The third-order valence-electron chi connectivity index (χ3n) is 11.0. The molecule has 0 saturated heterocycles. The normalized spacial score (nSPS) is 31.2. The van der Waals surface area contributed by atoms with E-state index < -0.39 is 0 Å². The summed E-state index contributed by atoms with van der Waals surface area (Å²) < 4.78 is 12.0. The molecule has 6 unspecified atom stereocenters. The number of aromatic nitrogens is 1. The van der Waals surface area contributed by atoms with Crippen LogP contribution in [0, 0.1) is 46.3 Å². The summed E-state index contributed by atoms with van der Waals surface area (Å²) in [5.74, 6) is 5.58. The number of ether oxygens (including phenoxy) is 2. The van der Waals surface area contributed by atoms with E-state index in [1.165, 1.54) is 51.4 Å². The van der Waals surface area contributed by atoms with Gasteiger partial charge in [0.25, 0.3) is 0 Å². The fourth-order valence-corrected chi connectivity index (χ4v) is 7.86. The summed E-state index contributed by atoms with van der Waals surface area (Å²) in [5, 5.41) is 8.42. The summed E-state index contributed by atoms with van der Waals surface area (Å²) in [7, 11) is 0. The average molecular weight is 537 g/mol. The van der Waals surface area contributed by atoms with Crippen LogP contribution in [-0.4, -0.2) is 28.9 Å². The van der Waals surface area contributed by atoms with Gasteiger partial charge in [-0.1, -0.05) is 58.9 Å². The quantitative estimate of drug-likeness (QED) is 0.161. The maximum atomic E-state index is 12.9. The van der Waals surface area contributed by atoms with Gasteiger partial charge in [-0.15, -0.1) is 0 Å². The molecular formula is C34H52N2O3. The van der Waals surface area contributed by atoms with E-state index >= 15 is 0 Å². The lowest BCUT2D eigenvalue weighted by Gasteiger charge is -2.22. The van der Waals surface area contributed by atoms with Crippen molar-refractivity contribution in [3.05, 3.63) is 23.9 Å². The Balaban J connectivity index is 0.991. The Bertz CT molecular complexity index is 990. The average Bonchev–Trinajstić information content (AvgIpc) is 3.87. The molecule has 0 aromatic carbocycles. The monoisotopic (exact) mass is 536 g/mol. The second-order valence-corrected chi connectivity index (χ2v) is 13.8. The third-order valence-corrected chi connectivity index (χ3v) is 11.0. The summed E-state index contributed by atoms with van der Waals surface area (Å²) in [6.07, 6.45) is 17.9. The summed E-state index contributed by atoms with van der Waals surface area (Å²) in [4.78, 5) is 17.4. The first kappa shape index (κ1) is 28.6. The third kappa shape index (κ3) is 6.70. The van der Waals surface area contributed by atoms with E-state index in [2.05, 4.69) is 32.7 Å². The zero-order chi connectivity index (χ0) is 27.6. The van der Waals surface area contributed by atoms with E-state index in [4.69, 9.17) is 14.9 Å². The van der Waals surface area contributed by atoms with Gasteiger partial charge in [-0.05, 0) is 93.4 Å². The fraction of sp³-hybridized carbons (Fsp3) is 0.794. The Hall–Kier alpha value is -1.91. The molecule has 5 heteroatoms. The fourth-order valence-electron chi connectivity index (χ4n) is 7.86. The number of carbonyl (C=O) groups excluding carboxylic acids is 1. The van der Waals surface area contributed by atoms with Gasteiger partial charge in [0.15, 0.2) is 5.90 Å². The number of hydrogen-bond donors (Lipinski definition) is 1. The molecule has 0 amide bonds. The highest BCUT2D eigenvalue weighted by Crippen LogP contribution is 2.67. The molecule has 1 N–H and O–H groups in total. The highest BCUT2D eigenvalue weighted by molar-refractivity contribution is 5.90. The Morgan fingerprint density at radius 1 is 1.13 bits per heavy atom. The summed E-state index contributed by atoms with van der Waals surface area (Å²) in [6.45, 7) is 9.54. The van der Waals surface area contributed by atoms with Crippen LogP contribution in [0.2, 0.25) is 0 Å². The molecule has 4 saturated carbocycles. The molecule has 0 bridgehead atoms. The lowest BCUT2D eigenvalue weighted by atomic mass is 9.88. The van der Waals surface area contributed by atoms with Gasteiger partial charge in [-0.3, -0.25) is 10.2 Å². The second-order valence-electron chi connectivity index (χ2n) is 13.8. The van der Waals surface area contributed by atoms with Crippen molar-refractivity contribution in [3.63, 3.8) is 0 Å². The van der Waals surface area contributed by atoms with Crippen LogP contribution < -0.4 is 4.74 Å². The van der Waals surface area contributed by atoms with E-state index in [1.54, 1.807) is 0 Å². The molecule has 1 aromatic rings. The Morgan fingerprint density at radius 2 is 1.90 bits per heavy atom. The van der Waals surface area contributed by atoms with Crippen molar-refractivity contribution in [3.8, 4) is 5.88 Å². The zero-order valence-corrected chi connectivity index (χ0v) is 25.0. The molecule has 1 heterocycles. The number of carbonyl (C=O) groups is 1. The van der Waals surface area contributed by atoms with Gasteiger partial charge in [0, 0.05) is 30.0 Å². The molecule has 39 heavy (non-hydrogen) atoms. The number of pyridine rings is 1. The number of hydrogen-bond acceptors (Lipinski definition) is 5. The maximum absolute atomic E-state index is 12.9. The van der Waals surface area contributed by atoms with Gasteiger partial charge in [-0.2, -0.15) is 0 Å². The van der Waals surface area contributed by atoms with Gasteiger partial charge in [0.1, 0.15) is 11.4 Å². The molecule has 4 aliphatic carbocycles. The molecule has 216 valence electrons. The summed E-state index contributed by atoms with van der Waals surface area (Å²) in [5.41, 5.74) is 0.910. The van der Waals surface area contributed by atoms with Gasteiger partial charge >= 0.3 is 0 Å². The number of ketones is 1. The molecular weight excluding hydrogens is 484 g/mol. The topological polar surface area (TPSA) is 72.3 Å². The first-order chi connectivity index (χ1) is 18.8. The van der Waals surface area contributed by atoms with Crippen LogP contribution in [-0.2, 0) is 16.0 Å². The predicted molar refractivity (Wildman–Crippen MR) is 156 cm³/mol. The first-order valence-corrected chi connectivity index (χ1v) is 16.2. The van der Waals surface area contributed by atoms with Crippen molar-refractivity contribution >= 4 is 11.7 Å². The molecule has 0 radical (unpaired) electrons. The molecule has 1 aromatic heterocycles. The van der Waals surface area contributed by atoms with Gasteiger partial charge in [0.2, 0.25) is 5.88 Å². The van der Waals surface area contributed by atoms with Gasteiger partial charge in [-0.25, -0.2) is 4.98 Å². The van der Waals surface area contributed by atoms with Crippen molar-refractivity contribution in [2.75, 3.05) is 6.61 Å². The summed E-state index contributed by atoms with van der Waals surface area (Å²) in [6, 6.07) is 3.97. The molecule has 5 nitrogen and oxygen atoms in total. The first-order valence-electron chi connectivity index (χ1n) is 16.2. The number of nitrogens with one attached hydrogen (secondary N) is 1. The van der Waals surface area contributed by atoms with Crippen molar-refractivity contribution < 1.29 is 14.3 Å². The van der Waals surface area contributed by atoms with E-state index in [0.717, 1.165) is 62.0 Å². The highest BCUT2D eigenvalue weighted by atomic mass is 16.5. The van der Waals surface area contributed by atoms with Crippen molar-refractivity contribution in [1.29, 1.82) is 5.41 Å². The van der Waals surface area contributed by atoms with Gasteiger partial charge in [0.05, 0.1) is 6.61 Å². The van der Waals surface area contributed by atoms with Crippen LogP contribution in [0.25, 0.3) is 0 Å². The Kier molecular flexibility index (Phi) is 8.74. The number of nitrogens with zero attached hydrogens (tertiary/aromatic N) is 1. The molecule has 4 aliphatic rings. The van der Waals surface area contributed by atoms with E-state index in [0.29, 0.717) is 35.8 Å². The minimum absolute atomic E-state index is 0.0387. The SMILES string of the molecule is CCCC(CCCC(CC)C(=N)OC1(C)CC1)C1CC1CCOc1ccc(CC(=O)C2(C)C3CCCC32)cn1. The molecule has 5 rings (SSSR count). The lowest BCUT2D eigenvalue weighted by molar-refractivity contribution is -0.124. The number of Topliss-reactive ketones (excluding diaryl/α,β-unsaturated/α-hetero) is 1. The van der Waals surface area contributed by atoms with E-state index in [9.17, 15) is 4.79 Å². The lowest BCUT2D eigenvalue weighted by Crippen LogP contribution is -2.22.